The highest BCUT2D eigenvalue weighted by Gasteiger charge is 2.49. The van der Waals surface area contributed by atoms with Gasteiger partial charge in [-0.25, -0.2) is 4.79 Å². The van der Waals surface area contributed by atoms with Gasteiger partial charge in [-0.3, -0.25) is 14.4 Å². The van der Waals surface area contributed by atoms with Gasteiger partial charge in [0.15, 0.2) is 5.78 Å². The molecule has 2 amide bonds. The first-order valence-electron chi connectivity index (χ1n) is 12.5. The Balaban J connectivity index is 1.79. The molecule has 11 heteroatoms. The largest absolute Gasteiger partial charge is 0.481 e. The Kier molecular flexibility index (Phi) is 10.6. The molecular formula is C28H32BrN3O7. The number of hydrogen-bond donors (Lipinski definition) is 3. The van der Waals surface area contributed by atoms with Crippen molar-refractivity contribution in [2.24, 2.45) is 11.1 Å². The summed E-state index contributed by atoms with van der Waals surface area (Å²) < 4.78 is 5.37. The highest BCUT2D eigenvalue weighted by atomic mass is 79.9. The van der Waals surface area contributed by atoms with Gasteiger partial charge in [0.25, 0.3) is 5.91 Å². The van der Waals surface area contributed by atoms with Crippen molar-refractivity contribution in [1.29, 1.82) is 0 Å². The number of ether oxygens (including phenoxy) is 1. The van der Waals surface area contributed by atoms with Crippen LogP contribution in [0.1, 0.15) is 37.8 Å². The Hall–Kier alpha value is -3.73. The quantitative estimate of drug-likeness (QED) is 0.297. The van der Waals surface area contributed by atoms with Gasteiger partial charge >= 0.3 is 12.1 Å². The van der Waals surface area contributed by atoms with E-state index in [1.807, 2.05) is 74.5 Å². The predicted molar refractivity (Wildman–Crippen MR) is 147 cm³/mol. The van der Waals surface area contributed by atoms with Crippen molar-refractivity contribution >= 4 is 45.4 Å². The summed E-state index contributed by atoms with van der Waals surface area (Å²) in [5, 5.41) is 18.7. The minimum atomic E-state index is -1.55. The number of amides is 2. The van der Waals surface area contributed by atoms with E-state index in [1.54, 1.807) is 0 Å². The number of ketones is 1. The standard InChI is InChI=1S/C28H32BrN3O7/c1-18(2)25(31-27(37)38-17-20-11-7-4-8-12-20)22-15-28(39-32-22,14-19-9-5-3-6-10-19)26(36)30-21(13-24(34)35)23(33)16-29/h3-12,18,21,25H,13-17H2,1-2H3,(H,30,36)(H,31,37)(H,34,35). The number of hydrogen-bond acceptors (Lipinski definition) is 7. The number of rotatable bonds is 13. The van der Waals surface area contributed by atoms with Crippen LogP contribution in [0.15, 0.2) is 65.8 Å². The summed E-state index contributed by atoms with van der Waals surface area (Å²) in [6, 6.07) is 16.5. The second kappa shape index (κ2) is 13.9. The van der Waals surface area contributed by atoms with Crippen molar-refractivity contribution in [1.82, 2.24) is 10.6 Å². The van der Waals surface area contributed by atoms with Gasteiger partial charge in [-0.05, 0) is 17.0 Å². The average molecular weight is 602 g/mol. The van der Waals surface area contributed by atoms with Crippen molar-refractivity contribution in [3.63, 3.8) is 0 Å². The van der Waals surface area contributed by atoms with E-state index in [0.717, 1.165) is 11.1 Å². The number of alkyl carbamates (subject to hydrolysis) is 1. The first-order valence-corrected chi connectivity index (χ1v) is 13.6. The zero-order valence-corrected chi connectivity index (χ0v) is 23.3. The van der Waals surface area contributed by atoms with E-state index in [0.29, 0.717) is 5.71 Å². The van der Waals surface area contributed by atoms with Crippen LogP contribution in [-0.4, -0.2) is 57.6 Å². The molecule has 1 aliphatic heterocycles. The molecule has 3 atom stereocenters. The van der Waals surface area contributed by atoms with Crippen molar-refractivity contribution in [3.05, 3.63) is 71.8 Å². The van der Waals surface area contributed by atoms with E-state index >= 15 is 0 Å². The van der Waals surface area contributed by atoms with E-state index in [2.05, 4.69) is 31.7 Å². The van der Waals surface area contributed by atoms with Crippen LogP contribution < -0.4 is 10.6 Å². The molecule has 2 aromatic rings. The van der Waals surface area contributed by atoms with Gasteiger partial charge in [0.1, 0.15) is 6.61 Å². The van der Waals surface area contributed by atoms with Crippen LogP contribution >= 0.6 is 15.9 Å². The zero-order chi connectivity index (χ0) is 28.4. The Bertz CT molecular complexity index is 1190. The number of alkyl halides is 1. The molecule has 0 spiro atoms. The number of carbonyl (C=O) groups excluding carboxylic acids is 3. The molecule has 10 nitrogen and oxygen atoms in total. The Morgan fingerprint density at radius 2 is 1.64 bits per heavy atom. The number of oxime groups is 1. The molecule has 0 radical (unpaired) electrons. The van der Waals surface area contributed by atoms with Crippen LogP contribution in [0.3, 0.4) is 0 Å². The molecule has 2 aromatic carbocycles. The minimum absolute atomic E-state index is 0.0117. The summed E-state index contributed by atoms with van der Waals surface area (Å²) in [4.78, 5) is 55.7. The molecule has 208 valence electrons. The predicted octanol–water partition coefficient (Wildman–Crippen LogP) is 3.62. The Morgan fingerprint density at radius 1 is 1.03 bits per heavy atom. The first-order chi connectivity index (χ1) is 18.6. The number of aliphatic carboxylic acids is 1. The molecule has 0 bridgehead atoms. The maximum Gasteiger partial charge on any atom is 0.408 e. The number of carboxylic acid groups (broad SMARTS) is 1. The Labute approximate surface area is 235 Å². The highest BCUT2D eigenvalue weighted by Crippen LogP contribution is 2.31. The summed E-state index contributed by atoms with van der Waals surface area (Å²) in [6.07, 6.45) is -1.10. The molecule has 0 saturated heterocycles. The van der Waals surface area contributed by atoms with Crippen molar-refractivity contribution in [3.8, 4) is 0 Å². The first kappa shape index (κ1) is 29.8. The van der Waals surface area contributed by atoms with Crippen LogP contribution in [-0.2, 0) is 37.0 Å². The molecule has 3 unspecified atom stereocenters. The third kappa shape index (κ3) is 8.38. The summed E-state index contributed by atoms with van der Waals surface area (Å²) in [7, 11) is 0. The highest BCUT2D eigenvalue weighted by molar-refractivity contribution is 9.09. The smallest absolute Gasteiger partial charge is 0.408 e. The van der Waals surface area contributed by atoms with E-state index in [4.69, 9.17) is 9.57 Å². The number of Topliss-reactive ketones (excluding diaryl/α,β-unsaturated/α-hetero) is 1. The lowest BCUT2D eigenvalue weighted by molar-refractivity contribution is -0.147. The van der Waals surface area contributed by atoms with Gasteiger partial charge in [-0.1, -0.05) is 95.6 Å². The summed E-state index contributed by atoms with van der Waals surface area (Å²) in [5.74, 6) is -2.50. The molecule has 3 rings (SSSR count). The topological polar surface area (TPSA) is 143 Å². The number of benzene rings is 2. The van der Waals surface area contributed by atoms with Crippen LogP contribution in [0.25, 0.3) is 0 Å². The van der Waals surface area contributed by atoms with Gasteiger partial charge in [-0.15, -0.1) is 0 Å². The minimum Gasteiger partial charge on any atom is -0.481 e. The van der Waals surface area contributed by atoms with Crippen LogP contribution in [0.2, 0.25) is 0 Å². The number of nitrogens with zero attached hydrogens (tertiary/aromatic N) is 1. The van der Waals surface area contributed by atoms with Gasteiger partial charge in [0, 0.05) is 12.8 Å². The van der Waals surface area contributed by atoms with E-state index in [-0.39, 0.29) is 30.7 Å². The number of nitrogens with one attached hydrogen (secondary N) is 2. The third-order valence-corrected chi connectivity index (χ3v) is 6.82. The molecule has 0 aromatic heterocycles. The summed E-state index contributed by atoms with van der Waals surface area (Å²) in [6.45, 7) is 3.87. The molecule has 1 aliphatic rings. The van der Waals surface area contributed by atoms with E-state index < -0.39 is 47.9 Å². The van der Waals surface area contributed by atoms with Gasteiger partial charge in [-0.2, -0.15) is 0 Å². The lowest BCUT2D eigenvalue weighted by Crippen LogP contribution is -2.55. The molecule has 0 fully saturated rings. The molecule has 1 heterocycles. The van der Waals surface area contributed by atoms with Crippen LogP contribution in [0.5, 0.6) is 0 Å². The molecule has 39 heavy (non-hydrogen) atoms. The normalized spacial score (nSPS) is 17.9. The fourth-order valence-electron chi connectivity index (χ4n) is 4.22. The maximum atomic E-state index is 13.6. The van der Waals surface area contributed by atoms with E-state index in [9.17, 15) is 24.3 Å². The number of halogens is 1. The van der Waals surface area contributed by atoms with Crippen LogP contribution in [0, 0.1) is 5.92 Å². The summed E-state index contributed by atoms with van der Waals surface area (Å²) >= 11 is 3.04. The lowest BCUT2D eigenvalue weighted by Gasteiger charge is -2.28. The maximum absolute atomic E-state index is 13.6. The van der Waals surface area contributed by atoms with Crippen LogP contribution in [0.4, 0.5) is 4.79 Å². The van der Waals surface area contributed by atoms with Crippen molar-refractivity contribution in [2.75, 3.05) is 5.33 Å². The SMILES string of the molecule is CC(C)C(NC(=O)OCc1ccccc1)C1=NOC(Cc2ccccc2)(C(=O)NC(CC(=O)O)C(=O)CBr)C1. The fourth-order valence-corrected chi connectivity index (χ4v) is 4.61. The lowest BCUT2D eigenvalue weighted by atomic mass is 9.84. The van der Waals surface area contributed by atoms with Gasteiger partial charge in [0.2, 0.25) is 5.60 Å². The second-order valence-electron chi connectivity index (χ2n) is 9.66. The zero-order valence-electron chi connectivity index (χ0n) is 21.8. The van der Waals surface area contributed by atoms with Gasteiger partial charge in [0.05, 0.1) is 29.5 Å². The van der Waals surface area contributed by atoms with Crippen molar-refractivity contribution < 1.29 is 33.9 Å². The number of carbonyl (C=O) groups is 4. The average Bonchev–Trinajstić information content (AvgIpc) is 3.35. The molecule has 0 aliphatic carbocycles. The summed E-state index contributed by atoms with van der Waals surface area (Å²) in [5.41, 5.74) is 0.488. The van der Waals surface area contributed by atoms with Crippen molar-refractivity contribution in [2.45, 2.75) is 57.4 Å². The fraction of sp³-hybridized carbons (Fsp3) is 0.393. The Morgan fingerprint density at radius 3 is 2.21 bits per heavy atom. The monoisotopic (exact) mass is 601 g/mol. The molecular weight excluding hydrogens is 570 g/mol. The molecule has 0 saturated carbocycles. The molecule has 3 N–H and O–H groups in total. The third-order valence-electron chi connectivity index (χ3n) is 6.27. The second-order valence-corrected chi connectivity index (χ2v) is 10.2. The van der Waals surface area contributed by atoms with E-state index in [1.165, 1.54) is 0 Å². The van der Waals surface area contributed by atoms with Gasteiger partial charge < -0.3 is 25.3 Å². The number of carboxylic acids is 1.